The van der Waals surface area contributed by atoms with Crippen LogP contribution < -0.4 is 16.0 Å². The maximum absolute atomic E-state index is 13.2. The van der Waals surface area contributed by atoms with Crippen molar-refractivity contribution in [2.24, 2.45) is 7.05 Å². The second-order valence-electron chi connectivity index (χ2n) is 6.65. The molecular weight excluding hydrogens is 367 g/mol. The predicted molar refractivity (Wildman–Crippen MR) is 99.9 cm³/mol. The van der Waals surface area contributed by atoms with Gasteiger partial charge in [0.25, 0.3) is 11.6 Å². The first-order valence-electron chi connectivity index (χ1n) is 8.89. The Labute approximate surface area is 160 Å². The fourth-order valence-corrected chi connectivity index (χ4v) is 2.88. The van der Waals surface area contributed by atoms with Crippen molar-refractivity contribution < 1.29 is 14.2 Å². The number of ether oxygens (including phenoxy) is 1. The summed E-state index contributed by atoms with van der Waals surface area (Å²) in [6, 6.07) is 8.02. The molecule has 148 valence electrons. The lowest BCUT2D eigenvalue weighted by Crippen LogP contribution is -2.39. The first kappa shape index (κ1) is 19.6. The van der Waals surface area contributed by atoms with Crippen LogP contribution in [0.3, 0.4) is 0 Å². The number of fused-ring (bicyclic) bond motifs is 1. The number of nitrogens with zero attached hydrogens (tertiary/aromatic N) is 4. The van der Waals surface area contributed by atoms with Gasteiger partial charge in [0.05, 0.1) is 12.6 Å². The van der Waals surface area contributed by atoms with Crippen molar-refractivity contribution in [3.05, 3.63) is 56.5 Å². The van der Waals surface area contributed by atoms with Crippen LogP contribution in [0.2, 0.25) is 0 Å². The van der Waals surface area contributed by atoms with E-state index in [1.807, 2.05) is 13.8 Å². The van der Waals surface area contributed by atoms with Crippen LogP contribution in [0.15, 0.2) is 21.7 Å². The zero-order valence-corrected chi connectivity index (χ0v) is 15.9. The lowest BCUT2D eigenvalue weighted by atomic mass is 10.2. The molecule has 0 atom stereocenters. The summed E-state index contributed by atoms with van der Waals surface area (Å²) in [6.45, 7) is 3.72. The number of aliphatic hydroxyl groups excluding tert-OH is 1. The van der Waals surface area contributed by atoms with E-state index in [9.17, 15) is 14.0 Å². The van der Waals surface area contributed by atoms with E-state index >= 15 is 0 Å². The molecule has 3 aromatic rings. The summed E-state index contributed by atoms with van der Waals surface area (Å²) in [7, 11) is 1.52. The first-order valence-corrected chi connectivity index (χ1v) is 8.89. The van der Waals surface area contributed by atoms with Crippen molar-refractivity contribution in [1.82, 2.24) is 18.7 Å². The Morgan fingerprint density at radius 3 is 2.61 bits per heavy atom. The van der Waals surface area contributed by atoms with Gasteiger partial charge in [-0.3, -0.25) is 18.5 Å². The van der Waals surface area contributed by atoms with Gasteiger partial charge in [-0.15, -0.1) is 0 Å². The van der Waals surface area contributed by atoms with Crippen LogP contribution in [0.25, 0.3) is 11.2 Å². The van der Waals surface area contributed by atoms with E-state index in [1.165, 1.54) is 23.7 Å². The molecular formula is C19H21FN4O4. The first-order chi connectivity index (χ1) is 13.3. The largest absolute Gasteiger partial charge is 0.462 e. The minimum atomic E-state index is -0.536. The van der Waals surface area contributed by atoms with Crippen LogP contribution >= 0.6 is 0 Å². The van der Waals surface area contributed by atoms with Crippen molar-refractivity contribution >= 4 is 11.2 Å². The van der Waals surface area contributed by atoms with E-state index in [4.69, 9.17) is 9.84 Å². The molecule has 0 bridgehead atoms. The van der Waals surface area contributed by atoms with E-state index in [2.05, 4.69) is 17.1 Å². The third-order valence-corrected chi connectivity index (χ3v) is 4.18. The Kier molecular flexibility index (Phi) is 5.51. The van der Waals surface area contributed by atoms with Crippen molar-refractivity contribution in [1.29, 1.82) is 0 Å². The lowest BCUT2D eigenvalue weighted by Gasteiger charge is -2.12. The monoisotopic (exact) mass is 388 g/mol. The smallest absolute Gasteiger partial charge is 0.332 e. The number of hydrogen-bond acceptors (Lipinski definition) is 5. The molecule has 8 nitrogen and oxygen atoms in total. The second kappa shape index (κ2) is 7.86. The summed E-state index contributed by atoms with van der Waals surface area (Å²) in [6.07, 6.45) is 0.0538. The SMILES string of the molecule is CC(C)Oc1nc2c(c(=O)n(CCCO)c(=O)n2C)n1Cc1c#cc(F)cc1. The van der Waals surface area contributed by atoms with E-state index in [-0.39, 0.29) is 49.4 Å². The van der Waals surface area contributed by atoms with E-state index in [0.29, 0.717) is 5.56 Å². The van der Waals surface area contributed by atoms with Crippen LogP contribution in [0.1, 0.15) is 25.8 Å². The van der Waals surface area contributed by atoms with Gasteiger partial charge in [-0.1, -0.05) is 6.07 Å². The zero-order valence-electron chi connectivity index (χ0n) is 15.9. The quantitative estimate of drug-likeness (QED) is 0.648. The predicted octanol–water partition coefficient (Wildman–Crippen LogP) is 0.854. The molecule has 2 aromatic heterocycles. The van der Waals surface area contributed by atoms with Crippen LogP contribution in [-0.4, -0.2) is 36.5 Å². The summed E-state index contributed by atoms with van der Waals surface area (Å²) in [5.74, 6) is -0.536. The second-order valence-corrected chi connectivity index (χ2v) is 6.65. The highest BCUT2D eigenvalue weighted by molar-refractivity contribution is 5.72. The fraction of sp³-hybridized carbons (Fsp3) is 0.421. The molecule has 1 aromatic carbocycles. The summed E-state index contributed by atoms with van der Waals surface area (Å²) < 4.78 is 22.8. The number of aromatic nitrogens is 4. The molecule has 0 amide bonds. The van der Waals surface area contributed by atoms with Crippen molar-refractivity contribution in [2.75, 3.05) is 6.61 Å². The van der Waals surface area contributed by atoms with Gasteiger partial charge in [0.1, 0.15) is 0 Å². The van der Waals surface area contributed by atoms with Gasteiger partial charge < -0.3 is 9.84 Å². The maximum Gasteiger partial charge on any atom is 0.332 e. The van der Waals surface area contributed by atoms with Crippen LogP contribution in [-0.2, 0) is 20.1 Å². The highest BCUT2D eigenvalue weighted by Crippen LogP contribution is 2.20. The van der Waals surface area contributed by atoms with Gasteiger partial charge in [-0.05, 0) is 38.5 Å². The molecule has 0 saturated heterocycles. The third-order valence-electron chi connectivity index (χ3n) is 4.18. The van der Waals surface area contributed by atoms with Gasteiger partial charge in [0.15, 0.2) is 17.0 Å². The summed E-state index contributed by atoms with van der Waals surface area (Å²) in [5, 5.41) is 9.07. The van der Waals surface area contributed by atoms with Crippen molar-refractivity contribution in [2.45, 2.75) is 39.5 Å². The number of hydrogen-bond donors (Lipinski definition) is 1. The van der Waals surface area contributed by atoms with Crippen LogP contribution in [0, 0.1) is 17.9 Å². The van der Waals surface area contributed by atoms with Crippen molar-refractivity contribution in [3.8, 4) is 6.01 Å². The molecule has 0 aliphatic heterocycles. The molecule has 1 N–H and O–H groups in total. The van der Waals surface area contributed by atoms with Crippen LogP contribution in [0.4, 0.5) is 4.39 Å². The molecule has 0 radical (unpaired) electrons. The Morgan fingerprint density at radius 2 is 2.00 bits per heavy atom. The molecule has 0 saturated carbocycles. The molecule has 9 heteroatoms. The van der Waals surface area contributed by atoms with E-state index < -0.39 is 17.1 Å². The summed E-state index contributed by atoms with van der Waals surface area (Å²) >= 11 is 0. The average Bonchev–Trinajstić information content (AvgIpc) is 2.99. The van der Waals surface area contributed by atoms with Gasteiger partial charge in [-0.25, -0.2) is 4.79 Å². The minimum absolute atomic E-state index is 0.0833. The Morgan fingerprint density at radius 1 is 1.25 bits per heavy atom. The number of imidazole rings is 1. The maximum atomic E-state index is 13.2. The van der Waals surface area contributed by atoms with Gasteiger partial charge in [0, 0.05) is 25.8 Å². The van der Waals surface area contributed by atoms with E-state index in [0.717, 1.165) is 4.57 Å². The fourth-order valence-electron chi connectivity index (χ4n) is 2.88. The summed E-state index contributed by atoms with van der Waals surface area (Å²) in [5.41, 5.74) is -0.0907. The normalized spacial score (nSPS) is 11.2. The van der Waals surface area contributed by atoms with Crippen molar-refractivity contribution in [3.63, 3.8) is 0 Å². The molecule has 0 aliphatic rings. The molecule has 0 spiro atoms. The topological polar surface area (TPSA) is 91.3 Å². The average molecular weight is 388 g/mol. The highest BCUT2D eigenvalue weighted by atomic mass is 19.1. The Balaban J connectivity index is 2.25. The number of rotatable bonds is 7. The zero-order chi connectivity index (χ0) is 20.4. The van der Waals surface area contributed by atoms with Gasteiger partial charge in [0.2, 0.25) is 0 Å². The van der Waals surface area contributed by atoms with Gasteiger partial charge in [-0.2, -0.15) is 9.37 Å². The Hall–Kier alpha value is -3.12. The molecule has 28 heavy (non-hydrogen) atoms. The van der Waals surface area contributed by atoms with E-state index in [1.54, 1.807) is 4.57 Å². The Bertz CT molecular complexity index is 1100. The number of aliphatic hydroxyl groups is 1. The highest BCUT2D eigenvalue weighted by Gasteiger charge is 2.22. The lowest BCUT2D eigenvalue weighted by molar-refractivity contribution is 0.214. The standard InChI is InChI=1S/C19H21FN4O4/c1-12(2)28-18-21-16-15(24(18)11-13-5-7-14(20)8-6-13)17(26)23(9-4-10-25)19(27)22(16)3/h5,7,12,25H,4,9-11H2,1-3H3. The molecule has 3 rings (SSSR count). The summed E-state index contributed by atoms with van der Waals surface area (Å²) in [4.78, 5) is 29.9. The minimum Gasteiger partial charge on any atom is -0.462 e. The molecule has 0 aliphatic carbocycles. The molecule has 0 unspecified atom stereocenters. The number of aryl methyl sites for hydroxylation is 1. The third kappa shape index (κ3) is 3.64. The van der Waals surface area contributed by atoms with Crippen LogP contribution in [0.5, 0.6) is 6.01 Å². The number of halogens is 1. The molecule has 2 heterocycles. The molecule has 0 fully saturated rings. The van der Waals surface area contributed by atoms with Gasteiger partial charge >= 0.3 is 5.69 Å².